The number of hydrogen-bond acceptors (Lipinski definition) is 3. The van der Waals surface area contributed by atoms with Crippen LogP contribution >= 0.6 is 0 Å². The van der Waals surface area contributed by atoms with Crippen LogP contribution in [0.3, 0.4) is 0 Å². The highest BCUT2D eigenvalue weighted by atomic mass is 16.4. The number of carboxylic acids is 1. The van der Waals surface area contributed by atoms with Crippen LogP contribution in [0.25, 0.3) is 0 Å². The fourth-order valence-electron chi connectivity index (χ4n) is 1.71. The van der Waals surface area contributed by atoms with Gasteiger partial charge in [-0.15, -0.1) is 0 Å². The van der Waals surface area contributed by atoms with E-state index in [9.17, 15) is 4.79 Å². The molecule has 0 spiro atoms. The standard InChI is InChI=1S/C11H10N2O2/c12-7-8-2-1-3-9(6-8)13-5-4-10(13)11(14)15/h1-3,6,10H,4-5H2,(H,14,15). The molecule has 0 radical (unpaired) electrons. The Morgan fingerprint density at radius 2 is 2.40 bits per heavy atom. The van der Waals surface area contributed by atoms with Gasteiger partial charge < -0.3 is 10.0 Å². The maximum absolute atomic E-state index is 10.8. The number of carbonyl (C=O) groups is 1. The summed E-state index contributed by atoms with van der Waals surface area (Å²) in [5, 5.41) is 17.6. The van der Waals surface area contributed by atoms with Crippen LogP contribution in [0, 0.1) is 11.3 Å². The monoisotopic (exact) mass is 202 g/mol. The predicted molar refractivity (Wildman–Crippen MR) is 54.5 cm³/mol. The summed E-state index contributed by atoms with van der Waals surface area (Å²) in [6.07, 6.45) is 0.673. The minimum absolute atomic E-state index is 0.432. The number of aliphatic carboxylic acids is 1. The molecule has 4 nitrogen and oxygen atoms in total. The quantitative estimate of drug-likeness (QED) is 0.783. The van der Waals surface area contributed by atoms with Crippen molar-refractivity contribution in [3.05, 3.63) is 29.8 Å². The summed E-state index contributed by atoms with van der Waals surface area (Å²) >= 11 is 0. The molecule has 1 saturated heterocycles. The molecule has 1 aromatic rings. The fourth-order valence-corrected chi connectivity index (χ4v) is 1.71. The summed E-state index contributed by atoms with van der Waals surface area (Å²) in [7, 11) is 0. The zero-order valence-corrected chi connectivity index (χ0v) is 8.05. The molecule has 1 fully saturated rings. The van der Waals surface area contributed by atoms with Gasteiger partial charge in [0.25, 0.3) is 0 Å². The van der Waals surface area contributed by atoms with Crippen LogP contribution in [0.2, 0.25) is 0 Å². The first-order valence-corrected chi connectivity index (χ1v) is 4.72. The van der Waals surface area contributed by atoms with Gasteiger partial charge in [0.05, 0.1) is 11.6 Å². The molecule has 1 N–H and O–H groups in total. The van der Waals surface area contributed by atoms with Crippen molar-refractivity contribution in [1.29, 1.82) is 5.26 Å². The third-order valence-electron chi connectivity index (χ3n) is 2.61. The van der Waals surface area contributed by atoms with Gasteiger partial charge in [0, 0.05) is 12.2 Å². The van der Waals surface area contributed by atoms with Crippen molar-refractivity contribution in [2.24, 2.45) is 0 Å². The topological polar surface area (TPSA) is 64.3 Å². The van der Waals surface area contributed by atoms with E-state index in [1.165, 1.54) is 0 Å². The van der Waals surface area contributed by atoms with Crippen molar-refractivity contribution >= 4 is 11.7 Å². The second-order valence-electron chi connectivity index (χ2n) is 3.50. The summed E-state index contributed by atoms with van der Waals surface area (Å²) < 4.78 is 0. The van der Waals surface area contributed by atoms with E-state index in [4.69, 9.17) is 10.4 Å². The minimum Gasteiger partial charge on any atom is -0.480 e. The summed E-state index contributed by atoms with van der Waals surface area (Å²) in [5.41, 5.74) is 1.37. The fraction of sp³-hybridized carbons (Fsp3) is 0.273. The molecule has 0 saturated carbocycles. The highest BCUT2D eigenvalue weighted by Crippen LogP contribution is 2.26. The number of nitriles is 1. The first-order valence-electron chi connectivity index (χ1n) is 4.72. The third kappa shape index (κ3) is 1.64. The van der Waals surface area contributed by atoms with Crippen LogP contribution in [0.4, 0.5) is 5.69 Å². The van der Waals surface area contributed by atoms with E-state index in [2.05, 4.69) is 0 Å². The highest BCUT2D eigenvalue weighted by Gasteiger charge is 2.34. The van der Waals surface area contributed by atoms with Crippen molar-refractivity contribution in [1.82, 2.24) is 0 Å². The lowest BCUT2D eigenvalue weighted by molar-refractivity contribution is -0.139. The van der Waals surface area contributed by atoms with Crippen molar-refractivity contribution < 1.29 is 9.90 Å². The number of carboxylic acid groups (broad SMARTS) is 1. The van der Waals surface area contributed by atoms with Gasteiger partial charge in [0.15, 0.2) is 0 Å². The van der Waals surface area contributed by atoms with Crippen LogP contribution < -0.4 is 4.90 Å². The average Bonchev–Trinajstić information content (AvgIpc) is 2.15. The Hall–Kier alpha value is -2.02. The molecule has 1 aliphatic heterocycles. The van der Waals surface area contributed by atoms with Crippen LogP contribution in [0.1, 0.15) is 12.0 Å². The summed E-state index contributed by atoms with van der Waals surface area (Å²) in [6, 6.07) is 8.63. The Morgan fingerprint density at radius 1 is 1.60 bits per heavy atom. The summed E-state index contributed by atoms with van der Waals surface area (Å²) in [4.78, 5) is 12.6. The van der Waals surface area contributed by atoms with Crippen molar-refractivity contribution in [2.75, 3.05) is 11.4 Å². The molecule has 15 heavy (non-hydrogen) atoms. The average molecular weight is 202 g/mol. The number of benzene rings is 1. The molecule has 2 rings (SSSR count). The lowest BCUT2D eigenvalue weighted by Gasteiger charge is -2.39. The zero-order valence-electron chi connectivity index (χ0n) is 8.05. The lowest BCUT2D eigenvalue weighted by atomic mass is 10.0. The molecular weight excluding hydrogens is 192 g/mol. The van der Waals surface area contributed by atoms with E-state index >= 15 is 0 Å². The molecule has 1 unspecified atom stereocenters. The lowest BCUT2D eigenvalue weighted by Crippen LogP contribution is -2.52. The highest BCUT2D eigenvalue weighted by molar-refractivity contribution is 5.80. The normalized spacial score (nSPS) is 19.1. The van der Waals surface area contributed by atoms with Crippen molar-refractivity contribution in [3.63, 3.8) is 0 Å². The second kappa shape index (κ2) is 3.62. The molecule has 0 aliphatic carbocycles. The van der Waals surface area contributed by atoms with E-state index in [1.54, 1.807) is 23.1 Å². The summed E-state index contributed by atoms with van der Waals surface area (Å²) in [6.45, 7) is 0.742. The molecule has 4 heteroatoms. The first-order chi connectivity index (χ1) is 7.22. The number of anilines is 1. The first kappa shape index (κ1) is 9.53. The van der Waals surface area contributed by atoms with Crippen LogP contribution in [0.5, 0.6) is 0 Å². The van der Waals surface area contributed by atoms with E-state index in [1.807, 2.05) is 12.1 Å². The predicted octanol–water partition coefficient (Wildman–Crippen LogP) is 1.22. The van der Waals surface area contributed by atoms with Crippen LogP contribution in [-0.2, 0) is 4.79 Å². The maximum atomic E-state index is 10.8. The smallest absolute Gasteiger partial charge is 0.326 e. The Kier molecular flexibility index (Phi) is 2.30. The molecule has 0 amide bonds. The molecule has 1 atom stereocenters. The van der Waals surface area contributed by atoms with Gasteiger partial charge in [-0.25, -0.2) is 4.79 Å². The molecular formula is C11H10N2O2. The maximum Gasteiger partial charge on any atom is 0.326 e. The van der Waals surface area contributed by atoms with Gasteiger partial charge in [-0.3, -0.25) is 0 Å². The van der Waals surface area contributed by atoms with Crippen LogP contribution in [0.15, 0.2) is 24.3 Å². The molecule has 0 aromatic heterocycles. The Labute approximate surface area is 87.4 Å². The Morgan fingerprint density at radius 3 is 2.93 bits per heavy atom. The minimum atomic E-state index is -0.802. The van der Waals surface area contributed by atoms with Gasteiger partial charge in [-0.1, -0.05) is 6.07 Å². The zero-order chi connectivity index (χ0) is 10.8. The Balaban J connectivity index is 2.23. The third-order valence-corrected chi connectivity index (χ3v) is 2.61. The number of hydrogen-bond donors (Lipinski definition) is 1. The Bertz CT molecular complexity index is 436. The molecule has 1 heterocycles. The van der Waals surface area contributed by atoms with Crippen LogP contribution in [-0.4, -0.2) is 23.7 Å². The van der Waals surface area contributed by atoms with E-state index in [0.29, 0.717) is 12.0 Å². The summed E-state index contributed by atoms with van der Waals surface area (Å²) in [5.74, 6) is -0.802. The van der Waals surface area contributed by atoms with Crippen molar-refractivity contribution in [3.8, 4) is 6.07 Å². The van der Waals surface area contributed by atoms with E-state index in [0.717, 1.165) is 12.2 Å². The largest absolute Gasteiger partial charge is 0.480 e. The molecule has 1 aromatic carbocycles. The van der Waals surface area contributed by atoms with Gasteiger partial charge in [0.2, 0.25) is 0 Å². The van der Waals surface area contributed by atoms with Gasteiger partial charge in [-0.2, -0.15) is 5.26 Å². The SMILES string of the molecule is N#Cc1cccc(N2CCC2C(=O)O)c1. The van der Waals surface area contributed by atoms with Gasteiger partial charge in [0.1, 0.15) is 6.04 Å². The number of rotatable bonds is 2. The van der Waals surface area contributed by atoms with Gasteiger partial charge in [-0.05, 0) is 24.6 Å². The van der Waals surface area contributed by atoms with E-state index in [-0.39, 0.29) is 0 Å². The van der Waals surface area contributed by atoms with E-state index < -0.39 is 12.0 Å². The molecule has 1 aliphatic rings. The second-order valence-corrected chi connectivity index (χ2v) is 3.50. The molecule has 76 valence electrons. The molecule has 0 bridgehead atoms. The number of nitrogens with zero attached hydrogens (tertiary/aromatic N) is 2. The van der Waals surface area contributed by atoms with Crippen molar-refractivity contribution in [2.45, 2.75) is 12.5 Å². The van der Waals surface area contributed by atoms with Gasteiger partial charge >= 0.3 is 5.97 Å².